The fraction of sp³-hybridized carbons (Fsp3) is 0.188. The lowest BCUT2D eigenvalue weighted by Gasteiger charge is -2.10. The topological polar surface area (TPSA) is 90.7 Å². The van der Waals surface area contributed by atoms with Gasteiger partial charge in [-0.05, 0) is 30.5 Å². The zero-order chi connectivity index (χ0) is 17.5. The molecule has 2 rings (SSSR count). The highest BCUT2D eigenvalue weighted by molar-refractivity contribution is 7.98. The first kappa shape index (κ1) is 17.6. The van der Waals surface area contributed by atoms with Crippen LogP contribution in [0.15, 0.2) is 47.4 Å². The van der Waals surface area contributed by atoms with E-state index in [1.165, 1.54) is 37.1 Å². The first-order valence-electron chi connectivity index (χ1n) is 6.93. The van der Waals surface area contributed by atoms with Gasteiger partial charge in [0, 0.05) is 4.90 Å². The summed E-state index contributed by atoms with van der Waals surface area (Å²) in [7, 11) is 1.41. The molecule has 0 aliphatic carbocycles. The highest BCUT2D eigenvalue weighted by Gasteiger charge is 2.17. The van der Waals surface area contributed by atoms with Gasteiger partial charge in [0.25, 0.3) is 5.91 Å². The van der Waals surface area contributed by atoms with Crippen LogP contribution in [0, 0.1) is 10.1 Å². The van der Waals surface area contributed by atoms with Gasteiger partial charge in [-0.15, -0.1) is 11.8 Å². The number of nitro groups is 1. The summed E-state index contributed by atoms with van der Waals surface area (Å²) in [5.41, 5.74) is 0.412. The molecule has 0 atom stereocenters. The Kier molecular flexibility index (Phi) is 6.02. The van der Waals surface area contributed by atoms with Gasteiger partial charge in [0.1, 0.15) is 5.75 Å². The van der Waals surface area contributed by atoms with Gasteiger partial charge in [0.15, 0.2) is 12.4 Å². The van der Waals surface area contributed by atoms with Gasteiger partial charge in [0.2, 0.25) is 0 Å². The number of carbonyl (C=O) groups excluding carboxylic acids is 1. The van der Waals surface area contributed by atoms with Crippen molar-refractivity contribution in [1.29, 1.82) is 0 Å². The molecule has 0 unspecified atom stereocenters. The van der Waals surface area contributed by atoms with Crippen molar-refractivity contribution in [2.75, 3.05) is 25.3 Å². The minimum absolute atomic E-state index is 0.00843. The predicted molar refractivity (Wildman–Crippen MR) is 92.0 cm³/mol. The number of ether oxygens (including phenoxy) is 2. The number of amides is 1. The summed E-state index contributed by atoms with van der Waals surface area (Å²) < 4.78 is 10.2. The molecule has 0 aromatic heterocycles. The van der Waals surface area contributed by atoms with E-state index in [0.29, 0.717) is 11.4 Å². The van der Waals surface area contributed by atoms with Crippen molar-refractivity contribution in [2.24, 2.45) is 0 Å². The van der Waals surface area contributed by atoms with Gasteiger partial charge in [-0.1, -0.05) is 12.1 Å². The molecule has 24 heavy (non-hydrogen) atoms. The molecule has 0 aliphatic heterocycles. The molecule has 7 nitrogen and oxygen atoms in total. The van der Waals surface area contributed by atoms with E-state index in [4.69, 9.17) is 9.47 Å². The first-order valence-corrected chi connectivity index (χ1v) is 8.15. The minimum atomic E-state index is -0.585. The lowest BCUT2D eigenvalue weighted by molar-refractivity contribution is -0.385. The monoisotopic (exact) mass is 348 g/mol. The zero-order valence-corrected chi connectivity index (χ0v) is 14.0. The molecular formula is C16H16N2O5S. The van der Waals surface area contributed by atoms with E-state index in [1.54, 1.807) is 6.07 Å². The van der Waals surface area contributed by atoms with Crippen LogP contribution in [-0.2, 0) is 4.79 Å². The molecule has 2 aromatic rings. The number of nitro benzene ring substituents is 1. The van der Waals surface area contributed by atoms with Crippen LogP contribution in [0.3, 0.4) is 0 Å². The fourth-order valence-electron chi connectivity index (χ4n) is 1.97. The van der Waals surface area contributed by atoms with Crippen LogP contribution >= 0.6 is 11.8 Å². The van der Waals surface area contributed by atoms with Crippen molar-refractivity contribution in [3.05, 3.63) is 52.6 Å². The van der Waals surface area contributed by atoms with E-state index < -0.39 is 10.8 Å². The minimum Gasteiger partial charge on any atom is -0.496 e. The molecule has 8 heteroatoms. The molecular weight excluding hydrogens is 332 g/mol. The second kappa shape index (κ2) is 8.21. The van der Waals surface area contributed by atoms with Crippen molar-refractivity contribution >= 4 is 29.0 Å². The van der Waals surface area contributed by atoms with Crippen LogP contribution < -0.4 is 14.8 Å². The van der Waals surface area contributed by atoms with Gasteiger partial charge in [0.05, 0.1) is 23.8 Å². The summed E-state index contributed by atoms with van der Waals surface area (Å²) in [5, 5.41) is 13.8. The molecule has 0 heterocycles. The molecule has 126 valence electrons. The lowest BCUT2D eigenvalue weighted by Crippen LogP contribution is -2.20. The second-order valence-corrected chi connectivity index (χ2v) is 5.48. The van der Waals surface area contributed by atoms with E-state index in [1.807, 2.05) is 24.5 Å². The van der Waals surface area contributed by atoms with Crippen molar-refractivity contribution < 1.29 is 19.2 Å². The number of para-hydroxylation sites is 1. The summed E-state index contributed by atoms with van der Waals surface area (Å²) in [6, 6.07) is 11.5. The Morgan fingerprint density at radius 3 is 2.71 bits per heavy atom. The number of carbonyl (C=O) groups is 1. The first-order chi connectivity index (χ1) is 11.5. The maximum Gasteiger partial charge on any atom is 0.314 e. The lowest BCUT2D eigenvalue weighted by atomic mass is 10.3. The molecule has 0 bridgehead atoms. The summed E-state index contributed by atoms with van der Waals surface area (Å²) in [4.78, 5) is 23.4. The van der Waals surface area contributed by atoms with Gasteiger partial charge in [-0.25, -0.2) is 0 Å². The molecule has 0 fully saturated rings. The van der Waals surface area contributed by atoms with Crippen LogP contribution in [0.5, 0.6) is 11.5 Å². The van der Waals surface area contributed by atoms with Crippen molar-refractivity contribution in [3.63, 3.8) is 0 Å². The third-order valence-corrected chi connectivity index (χ3v) is 3.90. The Hall–Kier alpha value is -2.74. The summed E-state index contributed by atoms with van der Waals surface area (Å²) in [6.45, 7) is -0.337. The average Bonchev–Trinajstić information content (AvgIpc) is 2.60. The van der Waals surface area contributed by atoms with Crippen LogP contribution in [-0.4, -0.2) is 30.8 Å². The number of benzene rings is 2. The summed E-state index contributed by atoms with van der Waals surface area (Å²) in [5.74, 6) is -0.0527. The Labute approximate surface area is 143 Å². The number of thioether (sulfide) groups is 1. The highest BCUT2D eigenvalue weighted by Crippen LogP contribution is 2.31. The Morgan fingerprint density at radius 2 is 2.04 bits per heavy atom. The molecule has 2 aromatic carbocycles. The molecule has 0 radical (unpaired) electrons. The van der Waals surface area contributed by atoms with Crippen molar-refractivity contribution in [1.82, 2.24) is 0 Å². The molecule has 0 saturated carbocycles. The smallest absolute Gasteiger partial charge is 0.314 e. The highest BCUT2D eigenvalue weighted by atomic mass is 32.2. The SMILES string of the molecule is COc1ccc(OCC(=O)Nc2ccccc2SC)c([N+](=O)[O-])c1. The molecule has 0 spiro atoms. The number of nitrogens with zero attached hydrogens (tertiary/aromatic N) is 1. The number of nitrogens with one attached hydrogen (secondary N) is 1. The van der Waals surface area contributed by atoms with Crippen molar-refractivity contribution in [3.8, 4) is 11.5 Å². The van der Waals surface area contributed by atoms with E-state index in [2.05, 4.69) is 5.32 Å². The third kappa shape index (κ3) is 4.39. The van der Waals surface area contributed by atoms with Gasteiger partial charge >= 0.3 is 5.69 Å². The molecule has 1 amide bonds. The molecule has 1 N–H and O–H groups in total. The number of anilines is 1. The number of methoxy groups -OCH3 is 1. The van der Waals surface area contributed by atoms with Crippen LogP contribution in [0.1, 0.15) is 0 Å². The number of rotatable bonds is 7. The third-order valence-electron chi connectivity index (χ3n) is 3.10. The Balaban J connectivity index is 2.05. The summed E-state index contributed by atoms with van der Waals surface area (Å²) >= 11 is 1.50. The van der Waals surface area contributed by atoms with Gasteiger partial charge < -0.3 is 14.8 Å². The van der Waals surface area contributed by atoms with Gasteiger partial charge in [-0.3, -0.25) is 14.9 Å². The quantitative estimate of drug-likeness (QED) is 0.469. The van der Waals surface area contributed by atoms with Crippen LogP contribution in [0.4, 0.5) is 11.4 Å². The number of hydrogen-bond donors (Lipinski definition) is 1. The van der Waals surface area contributed by atoms with E-state index in [-0.39, 0.29) is 18.0 Å². The zero-order valence-electron chi connectivity index (χ0n) is 13.1. The molecule has 0 aliphatic rings. The maximum atomic E-state index is 12.0. The number of hydrogen-bond acceptors (Lipinski definition) is 6. The normalized spacial score (nSPS) is 10.1. The second-order valence-electron chi connectivity index (χ2n) is 4.63. The maximum absolute atomic E-state index is 12.0. The van der Waals surface area contributed by atoms with E-state index in [9.17, 15) is 14.9 Å². The average molecular weight is 348 g/mol. The Bertz CT molecular complexity index is 751. The van der Waals surface area contributed by atoms with E-state index in [0.717, 1.165) is 4.90 Å². The van der Waals surface area contributed by atoms with Gasteiger partial charge in [-0.2, -0.15) is 0 Å². The van der Waals surface area contributed by atoms with E-state index >= 15 is 0 Å². The largest absolute Gasteiger partial charge is 0.496 e. The van der Waals surface area contributed by atoms with Crippen molar-refractivity contribution in [2.45, 2.75) is 4.90 Å². The summed E-state index contributed by atoms with van der Waals surface area (Å²) in [6.07, 6.45) is 1.90. The Morgan fingerprint density at radius 1 is 1.29 bits per heavy atom. The molecule has 0 saturated heterocycles. The predicted octanol–water partition coefficient (Wildman–Crippen LogP) is 3.34. The standard InChI is InChI=1S/C16H16N2O5S/c1-22-11-7-8-14(13(9-11)18(20)21)23-10-16(19)17-12-5-3-4-6-15(12)24-2/h3-9H,10H2,1-2H3,(H,17,19). The van der Waals surface area contributed by atoms with Crippen LogP contribution in [0.2, 0.25) is 0 Å². The van der Waals surface area contributed by atoms with Crippen LogP contribution in [0.25, 0.3) is 0 Å². The fourth-order valence-corrected chi connectivity index (χ4v) is 2.52.